The predicted octanol–water partition coefficient (Wildman–Crippen LogP) is 3.12. The minimum atomic E-state index is 0. The zero-order valence-electron chi connectivity index (χ0n) is 14.4. The lowest BCUT2D eigenvalue weighted by Crippen LogP contribution is -2.43. The van der Waals surface area contributed by atoms with Crippen molar-refractivity contribution < 1.29 is 9.53 Å². The highest BCUT2D eigenvalue weighted by Gasteiger charge is 2.27. The molecule has 5 heteroatoms. The second-order valence-electron chi connectivity index (χ2n) is 6.72. The van der Waals surface area contributed by atoms with Crippen LogP contribution in [-0.2, 0) is 4.79 Å². The van der Waals surface area contributed by atoms with Gasteiger partial charge in [0.25, 0.3) is 0 Å². The molecule has 1 aliphatic heterocycles. The summed E-state index contributed by atoms with van der Waals surface area (Å²) in [5, 5.41) is 6.49. The molecule has 0 saturated carbocycles. The van der Waals surface area contributed by atoms with Crippen LogP contribution in [0, 0.1) is 5.41 Å². The molecule has 1 heterocycles. The van der Waals surface area contributed by atoms with Crippen LogP contribution in [0.4, 0.5) is 0 Å². The van der Waals surface area contributed by atoms with Gasteiger partial charge in [0, 0.05) is 13.0 Å². The zero-order chi connectivity index (χ0) is 16.0. The standard InChI is InChI=1S/C18H28N2O2.ClH/c1-14(15-4-6-16(22-3)7-5-15)12-17(21)20-13-18(2)8-10-19-11-9-18;/h4-7,14,19H,8-13H2,1-3H3,(H,20,21);1H. The predicted molar refractivity (Wildman–Crippen MR) is 96.5 cm³/mol. The summed E-state index contributed by atoms with van der Waals surface area (Å²) in [6.45, 7) is 7.24. The van der Waals surface area contributed by atoms with Gasteiger partial charge in [0.2, 0.25) is 5.91 Å². The molecule has 0 spiro atoms. The van der Waals surface area contributed by atoms with Crippen LogP contribution in [0.25, 0.3) is 0 Å². The lowest BCUT2D eigenvalue weighted by molar-refractivity contribution is -0.122. The summed E-state index contributed by atoms with van der Waals surface area (Å²) in [6, 6.07) is 7.95. The van der Waals surface area contributed by atoms with Gasteiger partial charge < -0.3 is 15.4 Å². The molecule has 0 aliphatic carbocycles. The maximum atomic E-state index is 12.2. The molecule has 130 valence electrons. The third-order valence-corrected chi connectivity index (χ3v) is 4.70. The molecule has 0 radical (unpaired) electrons. The molecule has 4 nitrogen and oxygen atoms in total. The molecule has 1 aliphatic rings. The molecule has 2 N–H and O–H groups in total. The fourth-order valence-corrected chi connectivity index (χ4v) is 2.92. The van der Waals surface area contributed by atoms with Crippen molar-refractivity contribution in [2.75, 3.05) is 26.7 Å². The highest BCUT2D eigenvalue weighted by molar-refractivity contribution is 5.85. The lowest BCUT2D eigenvalue weighted by Gasteiger charge is -2.34. The second-order valence-corrected chi connectivity index (χ2v) is 6.72. The van der Waals surface area contributed by atoms with Gasteiger partial charge in [0.15, 0.2) is 0 Å². The van der Waals surface area contributed by atoms with Crippen LogP contribution in [-0.4, -0.2) is 32.7 Å². The number of methoxy groups -OCH3 is 1. The maximum absolute atomic E-state index is 12.2. The highest BCUT2D eigenvalue weighted by atomic mass is 35.5. The van der Waals surface area contributed by atoms with Gasteiger partial charge in [-0.3, -0.25) is 4.79 Å². The first-order valence-electron chi connectivity index (χ1n) is 8.14. The molecule has 1 unspecified atom stereocenters. The quantitative estimate of drug-likeness (QED) is 0.836. The molecule has 1 saturated heterocycles. The Balaban J connectivity index is 0.00000264. The van der Waals surface area contributed by atoms with E-state index < -0.39 is 0 Å². The molecule has 1 atom stereocenters. The third-order valence-electron chi connectivity index (χ3n) is 4.70. The molecule has 1 fully saturated rings. The molecule has 1 aromatic rings. The van der Waals surface area contributed by atoms with Crippen LogP contribution in [0.2, 0.25) is 0 Å². The smallest absolute Gasteiger partial charge is 0.220 e. The highest BCUT2D eigenvalue weighted by Crippen LogP contribution is 2.27. The molecule has 1 amide bonds. The van der Waals surface area contributed by atoms with E-state index in [1.165, 1.54) is 5.56 Å². The van der Waals surface area contributed by atoms with E-state index >= 15 is 0 Å². The Bertz CT molecular complexity index is 484. The van der Waals surface area contributed by atoms with Crippen molar-refractivity contribution >= 4 is 18.3 Å². The summed E-state index contributed by atoms with van der Waals surface area (Å²) in [4.78, 5) is 12.2. The number of hydrogen-bond acceptors (Lipinski definition) is 3. The van der Waals surface area contributed by atoms with Crippen molar-refractivity contribution in [1.29, 1.82) is 0 Å². The Kier molecular flexibility index (Phi) is 7.86. The van der Waals surface area contributed by atoms with Gasteiger partial charge in [0.05, 0.1) is 7.11 Å². The van der Waals surface area contributed by atoms with E-state index in [2.05, 4.69) is 24.5 Å². The van der Waals surface area contributed by atoms with E-state index in [1.54, 1.807) is 7.11 Å². The first-order chi connectivity index (χ1) is 10.5. The summed E-state index contributed by atoms with van der Waals surface area (Å²) in [7, 11) is 1.66. The van der Waals surface area contributed by atoms with E-state index in [9.17, 15) is 4.79 Å². The van der Waals surface area contributed by atoms with Crippen molar-refractivity contribution in [2.45, 2.75) is 39.0 Å². The fourth-order valence-electron chi connectivity index (χ4n) is 2.92. The van der Waals surface area contributed by atoms with Gasteiger partial charge in [-0.25, -0.2) is 0 Å². The third kappa shape index (κ3) is 6.04. The second kappa shape index (κ2) is 9.14. The number of piperidine rings is 1. The van der Waals surface area contributed by atoms with E-state index in [4.69, 9.17) is 4.74 Å². The Hall–Kier alpha value is -1.26. The Morgan fingerprint density at radius 1 is 1.30 bits per heavy atom. The fraction of sp³-hybridized carbons (Fsp3) is 0.611. The van der Waals surface area contributed by atoms with Gasteiger partial charge in [-0.05, 0) is 55.0 Å². The molecule has 1 aromatic carbocycles. The molecular formula is C18H29ClN2O2. The Morgan fingerprint density at radius 2 is 1.91 bits per heavy atom. The lowest BCUT2D eigenvalue weighted by atomic mass is 9.81. The van der Waals surface area contributed by atoms with Crippen LogP contribution in [0.15, 0.2) is 24.3 Å². The van der Waals surface area contributed by atoms with Crippen LogP contribution >= 0.6 is 12.4 Å². The number of hydrogen-bond donors (Lipinski definition) is 2. The molecule has 23 heavy (non-hydrogen) atoms. The number of benzene rings is 1. The van der Waals surface area contributed by atoms with Gasteiger partial charge in [-0.2, -0.15) is 0 Å². The maximum Gasteiger partial charge on any atom is 0.220 e. The molecular weight excluding hydrogens is 312 g/mol. The monoisotopic (exact) mass is 340 g/mol. The van der Waals surface area contributed by atoms with Gasteiger partial charge in [-0.1, -0.05) is 26.0 Å². The number of ether oxygens (including phenoxy) is 1. The summed E-state index contributed by atoms with van der Waals surface area (Å²) in [5.41, 5.74) is 1.41. The van der Waals surface area contributed by atoms with Crippen LogP contribution < -0.4 is 15.4 Å². The number of halogens is 1. The summed E-state index contributed by atoms with van der Waals surface area (Å²) in [6.07, 6.45) is 2.78. The van der Waals surface area contributed by atoms with Crippen LogP contribution in [0.5, 0.6) is 5.75 Å². The summed E-state index contributed by atoms with van der Waals surface area (Å²) >= 11 is 0. The molecule has 2 rings (SSSR count). The van der Waals surface area contributed by atoms with Crippen molar-refractivity contribution in [3.63, 3.8) is 0 Å². The van der Waals surface area contributed by atoms with Gasteiger partial charge >= 0.3 is 0 Å². The average molecular weight is 341 g/mol. The molecule has 0 bridgehead atoms. The zero-order valence-corrected chi connectivity index (χ0v) is 15.2. The number of carbonyl (C=O) groups is 1. The van der Waals surface area contributed by atoms with E-state index in [0.29, 0.717) is 6.42 Å². The van der Waals surface area contributed by atoms with Gasteiger partial charge in [-0.15, -0.1) is 12.4 Å². The van der Waals surface area contributed by atoms with Crippen LogP contribution in [0.1, 0.15) is 44.6 Å². The molecule has 0 aromatic heterocycles. The van der Waals surface area contributed by atoms with Crippen molar-refractivity contribution in [3.8, 4) is 5.75 Å². The van der Waals surface area contributed by atoms with E-state index in [1.807, 2.05) is 24.3 Å². The summed E-state index contributed by atoms with van der Waals surface area (Å²) < 4.78 is 5.16. The minimum absolute atomic E-state index is 0. The minimum Gasteiger partial charge on any atom is -0.497 e. The van der Waals surface area contributed by atoms with Gasteiger partial charge in [0.1, 0.15) is 5.75 Å². The first-order valence-corrected chi connectivity index (χ1v) is 8.14. The number of amides is 1. The van der Waals surface area contributed by atoms with Crippen molar-refractivity contribution in [3.05, 3.63) is 29.8 Å². The SMILES string of the molecule is COc1ccc(C(C)CC(=O)NCC2(C)CCNCC2)cc1.Cl. The average Bonchev–Trinajstić information content (AvgIpc) is 2.54. The summed E-state index contributed by atoms with van der Waals surface area (Å²) in [5.74, 6) is 1.20. The topological polar surface area (TPSA) is 50.4 Å². The van der Waals surface area contributed by atoms with E-state index in [-0.39, 0.29) is 29.6 Å². The number of nitrogens with one attached hydrogen (secondary N) is 2. The first kappa shape index (κ1) is 19.8. The van der Waals surface area contributed by atoms with Crippen LogP contribution in [0.3, 0.4) is 0 Å². The van der Waals surface area contributed by atoms with E-state index in [0.717, 1.165) is 38.2 Å². The normalized spacial score (nSPS) is 17.7. The number of rotatable bonds is 6. The Morgan fingerprint density at radius 3 is 2.48 bits per heavy atom. The van der Waals surface area contributed by atoms with Crippen molar-refractivity contribution in [1.82, 2.24) is 10.6 Å². The largest absolute Gasteiger partial charge is 0.497 e. The van der Waals surface area contributed by atoms with Crippen molar-refractivity contribution in [2.24, 2.45) is 5.41 Å². The number of carbonyl (C=O) groups excluding carboxylic acids is 1. The Labute approximate surface area is 145 Å².